The van der Waals surface area contributed by atoms with Gasteiger partial charge in [-0.15, -0.1) is 0 Å². The highest BCUT2D eigenvalue weighted by atomic mass is 35.5. The summed E-state index contributed by atoms with van der Waals surface area (Å²) in [5, 5.41) is 23.3. The van der Waals surface area contributed by atoms with E-state index in [-0.39, 0.29) is 30.2 Å². The second-order valence-corrected chi connectivity index (χ2v) is 13.5. The van der Waals surface area contributed by atoms with Crippen molar-refractivity contribution >= 4 is 40.6 Å². The number of nitrogens with zero attached hydrogens (tertiary/aromatic N) is 2. The predicted molar refractivity (Wildman–Crippen MR) is 154 cm³/mol. The molecular weight excluding hydrogens is 562 g/mol. The van der Waals surface area contributed by atoms with Crippen molar-refractivity contribution in [1.29, 1.82) is 0 Å². The molecule has 4 N–H and O–H groups in total. The number of likely N-dealkylation sites (tertiary alicyclic amines) is 1. The van der Waals surface area contributed by atoms with Crippen LogP contribution >= 0.6 is 11.6 Å². The number of ketones is 4. The van der Waals surface area contributed by atoms with Crippen LogP contribution in [0.1, 0.15) is 73.5 Å². The van der Waals surface area contributed by atoms with E-state index in [4.69, 9.17) is 17.3 Å². The number of primary amides is 1. The minimum absolute atomic E-state index is 0.00481. The first-order valence-corrected chi connectivity index (χ1v) is 15.2. The molecule has 0 aromatic heterocycles. The molecule has 7 unspecified atom stereocenters. The van der Waals surface area contributed by atoms with Gasteiger partial charge in [0.15, 0.2) is 34.7 Å². The first-order chi connectivity index (χ1) is 19.7. The number of amides is 1. The Bertz CT molecular complexity index is 1360. The van der Waals surface area contributed by atoms with Gasteiger partial charge in [0.05, 0.1) is 17.5 Å². The number of hydrogen-bond acceptors (Lipinski definition) is 9. The Morgan fingerprint density at radius 1 is 1.19 bits per heavy atom. The summed E-state index contributed by atoms with van der Waals surface area (Å²) in [4.78, 5) is 70.6. The van der Waals surface area contributed by atoms with Crippen LogP contribution in [0.3, 0.4) is 0 Å². The molecule has 11 heteroatoms. The van der Waals surface area contributed by atoms with E-state index in [9.17, 15) is 34.2 Å². The van der Waals surface area contributed by atoms with Crippen LogP contribution in [0, 0.1) is 29.6 Å². The number of likely N-dealkylation sites (N-methyl/N-ethyl adjacent to an activating group) is 1. The minimum Gasteiger partial charge on any atom is -0.507 e. The SMILES string of the molecule is CC(C)CCN1CCCCC1c1cc(O)c2c(c1Cl)CC1CC3C(N(C)C)C(=O)C(C(N)=O)C(=O)C3(O)C(=O)C1C2=O. The van der Waals surface area contributed by atoms with E-state index in [0.29, 0.717) is 16.5 Å². The van der Waals surface area contributed by atoms with E-state index >= 15 is 0 Å². The highest BCUT2D eigenvalue weighted by Gasteiger charge is 2.69. The lowest BCUT2D eigenvalue weighted by Crippen LogP contribution is -2.74. The molecule has 2 saturated carbocycles. The molecule has 5 rings (SSSR count). The molecule has 0 spiro atoms. The van der Waals surface area contributed by atoms with Crippen LogP contribution in [-0.4, -0.2) is 87.9 Å². The first kappa shape index (κ1) is 30.8. The van der Waals surface area contributed by atoms with Crippen LogP contribution < -0.4 is 5.73 Å². The van der Waals surface area contributed by atoms with E-state index in [0.717, 1.165) is 44.3 Å². The number of fused-ring (bicyclic) bond motifs is 3. The van der Waals surface area contributed by atoms with Gasteiger partial charge in [0.25, 0.3) is 0 Å². The van der Waals surface area contributed by atoms with E-state index in [1.54, 1.807) is 14.1 Å². The molecule has 1 aromatic rings. The lowest BCUT2D eigenvalue weighted by Gasteiger charge is -2.52. The van der Waals surface area contributed by atoms with Crippen molar-refractivity contribution in [3.05, 3.63) is 27.8 Å². The molecule has 10 nitrogen and oxygen atoms in total. The number of phenols is 1. The normalized spacial score (nSPS) is 33.5. The summed E-state index contributed by atoms with van der Waals surface area (Å²) in [6.07, 6.45) is 4.11. The lowest BCUT2D eigenvalue weighted by molar-refractivity contribution is -0.181. The number of piperidine rings is 1. The fourth-order valence-electron chi connectivity index (χ4n) is 7.95. The van der Waals surface area contributed by atoms with Gasteiger partial charge >= 0.3 is 0 Å². The number of hydrogen-bond donors (Lipinski definition) is 3. The highest BCUT2D eigenvalue weighted by Crippen LogP contribution is 2.52. The lowest BCUT2D eigenvalue weighted by atomic mass is 9.52. The van der Waals surface area contributed by atoms with Gasteiger partial charge in [-0.25, -0.2) is 0 Å². The molecule has 0 radical (unpaired) electrons. The monoisotopic (exact) mass is 601 g/mol. The maximum absolute atomic E-state index is 14.0. The van der Waals surface area contributed by atoms with E-state index < -0.39 is 64.4 Å². The smallest absolute Gasteiger partial charge is 0.235 e. The van der Waals surface area contributed by atoms with Crippen LogP contribution in [0.2, 0.25) is 5.02 Å². The Morgan fingerprint density at radius 2 is 1.88 bits per heavy atom. The van der Waals surface area contributed by atoms with Gasteiger partial charge < -0.3 is 15.9 Å². The topological polar surface area (TPSA) is 158 Å². The molecule has 42 heavy (non-hydrogen) atoms. The molecule has 1 aromatic carbocycles. The summed E-state index contributed by atoms with van der Waals surface area (Å²) in [5.41, 5.74) is 3.77. The van der Waals surface area contributed by atoms with E-state index in [1.165, 1.54) is 11.0 Å². The molecule has 4 aliphatic rings. The van der Waals surface area contributed by atoms with Gasteiger partial charge in [-0.1, -0.05) is 31.9 Å². The van der Waals surface area contributed by atoms with Gasteiger partial charge in [0.1, 0.15) is 5.75 Å². The minimum atomic E-state index is -2.74. The molecule has 3 fully saturated rings. The maximum Gasteiger partial charge on any atom is 0.235 e. The van der Waals surface area contributed by atoms with Crippen LogP contribution in [0.15, 0.2) is 6.07 Å². The van der Waals surface area contributed by atoms with Gasteiger partial charge in [0, 0.05) is 17.0 Å². The zero-order chi connectivity index (χ0) is 30.8. The molecule has 7 atom stereocenters. The Morgan fingerprint density at radius 3 is 2.50 bits per heavy atom. The van der Waals surface area contributed by atoms with Crippen LogP contribution in [0.5, 0.6) is 5.75 Å². The second kappa shape index (κ2) is 11.1. The quantitative estimate of drug-likeness (QED) is 0.415. The van der Waals surface area contributed by atoms with Gasteiger partial charge in [0.2, 0.25) is 5.91 Å². The van der Waals surface area contributed by atoms with Crippen molar-refractivity contribution in [3.63, 3.8) is 0 Å². The third-order valence-corrected chi connectivity index (χ3v) is 10.4. The largest absolute Gasteiger partial charge is 0.507 e. The summed E-state index contributed by atoms with van der Waals surface area (Å²) >= 11 is 7.04. The van der Waals surface area contributed by atoms with Crippen molar-refractivity contribution in [2.75, 3.05) is 27.2 Å². The van der Waals surface area contributed by atoms with E-state index in [1.807, 2.05) is 0 Å². The number of halogens is 1. The molecular formula is C31H40ClN3O7. The number of aromatic hydroxyl groups is 1. The number of rotatable bonds is 6. The average molecular weight is 602 g/mol. The standard InChI is InChI=1S/C31H40ClN3O7/c1-14(2)8-10-35-9-6-5-7-19(35)16-13-20(36)22-17(24(16)32)11-15-12-18-25(34(3)4)27(38)23(30(33)41)29(40)31(18,42)28(39)21(15)26(22)37/h13-15,18-19,21,23,25,36,42H,5-12H2,1-4H3,(H2,33,41). The summed E-state index contributed by atoms with van der Waals surface area (Å²) < 4.78 is 0. The second-order valence-electron chi connectivity index (χ2n) is 13.2. The van der Waals surface area contributed by atoms with Gasteiger partial charge in [-0.05, 0) is 88.3 Å². The molecule has 0 bridgehead atoms. The van der Waals surface area contributed by atoms with Gasteiger partial charge in [-0.2, -0.15) is 0 Å². The van der Waals surface area contributed by atoms with Crippen molar-refractivity contribution in [2.24, 2.45) is 35.3 Å². The fraction of sp³-hybridized carbons (Fsp3) is 0.645. The molecule has 1 aliphatic heterocycles. The number of aliphatic hydroxyl groups is 1. The number of phenolic OH excluding ortho intramolecular Hbond substituents is 1. The van der Waals surface area contributed by atoms with Crippen molar-refractivity contribution < 1.29 is 34.2 Å². The van der Waals surface area contributed by atoms with Gasteiger partial charge in [-0.3, -0.25) is 33.8 Å². The van der Waals surface area contributed by atoms with Crippen LogP contribution in [0.25, 0.3) is 0 Å². The summed E-state index contributed by atoms with van der Waals surface area (Å²) in [7, 11) is 3.12. The predicted octanol–water partition coefficient (Wildman–Crippen LogP) is 2.09. The molecule has 1 amide bonds. The number of Topliss-reactive ketones (excluding diaryl/α,β-unsaturated/α-hetero) is 4. The molecule has 1 saturated heterocycles. The Labute approximate surface area is 250 Å². The average Bonchev–Trinajstić information content (AvgIpc) is 2.91. The summed E-state index contributed by atoms with van der Waals surface area (Å²) in [6.45, 7) is 6.14. The number of carbonyl (C=O) groups is 5. The van der Waals surface area contributed by atoms with Crippen LogP contribution in [-0.2, 0) is 25.6 Å². The third-order valence-electron chi connectivity index (χ3n) is 9.99. The summed E-state index contributed by atoms with van der Waals surface area (Å²) in [5.74, 6) is -10.1. The Balaban J connectivity index is 1.57. The molecule has 228 valence electrons. The number of carbonyl (C=O) groups excluding carboxylic acids is 5. The molecule has 3 aliphatic carbocycles. The highest BCUT2D eigenvalue weighted by molar-refractivity contribution is 6.35. The Kier molecular flexibility index (Phi) is 8.15. The molecule has 1 heterocycles. The number of benzene rings is 1. The maximum atomic E-state index is 14.0. The Hall–Kier alpha value is -2.66. The zero-order valence-electron chi connectivity index (χ0n) is 24.6. The van der Waals surface area contributed by atoms with E-state index in [2.05, 4.69) is 18.7 Å². The van der Waals surface area contributed by atoms with Crippen molar-refractivity contribution in [3.8, 4) is 5.75 Å². The number of nitrogens with two attached hydrogens (primary N) is 1. The fourth-order valence-corrected chi connectivity index (χ4v) is 8.30. The van der Waals surface area contributed by atoms with Crippen molar-refractivity contribution in [1.82, 2.24) is 9.80 Å². The summed E-state index contributed by atoms with van der Waals surface area (Å²) in [6, 6.07) is 0.362. The zero-order valence-corrected chi connectivity index (χ0v) is 25.3. The first-order valence-electron chi connectivity index (χ1n) is 14.8. The van der Waals surface area contributed by atoms with Crippen molar-refractivity contribution in [2.45, 2.75) is 70.1 Å². The third kappa shape index (κ3) is 4.62. The van der Waals surface area contributed by atoms with Crippen LogP contribution in [0.4, 0.5) is 0 Å².